The lowest BCUT2D eigenvalue weighted by Crippen LogP contribution is -2.31. The van der Waals surface area contributed by atoms with Crippen molar-refractivity contribution in [2.24, 2.45) is 0 Å². The minimum atomic E-state index is -1.24. The molecule has 0 saturated heterocycles. The van der Waals surface area contributed by atoms with Gasteiger partial charge in [0.1, 0.15) is 17.4 Å². The van der Waals surface area contributed by atoms with E-state index in [4.69, 9.17) is 5.11 Å². The van der Waals surface area contributed by atoms with Crippen LogP contribution in [0, 0.1) is 11.6 Å². The number of rotatable bonds is 9. The summed E-state index contributed by atoms with van der Waals surface area (Å²) >= 11 is -1.24. The number of hydrogen-bond donors (Lipinski definition) is 2. The maximum atomic E-state index is 13.3. The van der Waals surface area contributed by atoms with Gasteiger partial charge in [-0.05, 0) is 37.0 Å². The number of aliphatic hydroxyl groups is 1. The Bertz CT molecular complexity index is 387. The normalized spacial score (nSPS) is 14.2. The third-order valence-corrected chi connectivity index (χ3v) is 4.10. The van der Waals surface area contributed by atoms with Gasteiger partial charge in [0.05, 0.1) is 6.04 Å². The van der Waals surface area contributed by atoms with Gasteiger partial charge in [-0.25, -0.2) is 8.78 Å². The number of halogens is 2. The zero-order valence-electron chi connectivity index (χ0n) is 11.6. The van der Waals surface area contributed by atoms with Crippen molar-refractivity contribution in [3.8, 4) is 0 Å². The molecule has 1 aromatic rings. The zero-order chi connectivity index (χ0) is 15.0. The number of nitrogens with one attached hydrogen (secondary N) is 1. The number of aliphatic hydroxyl groups excluding tert-OH is 1. The van der Waals surface area contributed by atoms with Crippen LogP contribution in [0.3, 0.4) is 0 Å². The van der Waals surface area contributed by atoms with E-state index in [2.05, 4.69) is 4.72 Å². The third kappa shape index (κ3) is 6.17. The summed E-state index contributed by atoms with van der Waals surface area (Å²) in [6.45, 7) is 1.99. The molecule has 114 valence electrons. The second kappa shape index (κ2) is 9.28. The molecule has 0 fully saturated rings. The lowest BCUT2D eigenvalue weighted by atomic mass is 10.0. The van der Waals surface area contributed by atoms with Gasteiger partial charge in [0.25, 0.3) is 0 Å². The molecule has 0 aliphatic heterocycles. The molecule has 1 rings (SSSR count). The Hall–Kier alpha value is -0.690. The molecule has 0 amide bonds. The number of hydrogen-bond acceptors (Lipinski definition) is 3. The summed E-state index contributed by atoms with van der Waals surface area (Å²) in [5, 5.41) is 8.89. The maximum absolute atomic E-state index is 13.3. The first-order chi connectivity index (χ1) is 9.56. The van der Waals surface area contributed by atoms with E-state index >= 15 is 0 Å². The SMILES string of the molecule is CCCC[S@@+]([O-])N[C@@H](CCCO)c1cc(F)cc(F)c1. The first kappa shape index (κ1) is 17.4. The molecule has 20 heavy (non-hydrogen) atoms. The van der Waals surface area contributed by atoms with Gasteiger partial charge in [0, 0.05) is 24.0 Å². The standard InChI is InChI=1S/C14H21F2NO2S/c1-2-3-7-20(19)17-14(5-4-6-18)11-8-12(15)10-13(16)9-11/h8-10,14,17-18H,2-7H2,1H3/t14-,20+/m0/s1. The first-order valence-electron chi connectivity index (χ1n) is 6.78. The van der Waals surface area contributed by atoms with Crippen molar-refractivity contribution in [3.63, 3.8) is 0 Å². The fraction of sp³-hybridized carbons (Fsp3) is 0.571. The Labute approximate surface area is 121 Å². The topological polar surface area (TPSA) is 55.3 Å². The average Bonchev–Trinajstić information content (AvgIpc) is 2.40. The summed E-state index contributed by atoms with van der Waals surface area (Å²) < 4.78 is 41.3. The average molecular weight is 305 g/mol. The molecule has 0 aliphatic rings. The van der Waals surface area contributed by atoms with Gasteiger partial charge in [-0.2, -0.15) is 0 Å². The molecule has 0 radical (unpaired) electrons. The van der Waals surface area contributed by atoms with Crippen LogP contribution in [0.25, 0.3) is 0 Å². The zero-order valence-corrected chi connectivity index (χ0v) is 12.4. The Kier molecular flexibility index (Phi) is 8.06. The fourth-order valence-electron chi connectivity index (χ4n) is 1.86. The molecule has 0 aliphatic carbocycles. The first-order valence-corrected chi connectivity index (χ1v) is 8.10. The second-order valence-electron chi connectivity index (χ2n) is 4.64. The molecule has 6 heteroatoms. The van der Waals surface area contributed by atoms with Crippen molar-refractivity contribution in [2.75, 3.05) is 12.4 Å². The molecule has 0 unspecified atom stereocenters. The molecule has 1 aromatic carbocycles. The molecular weight excluding hydrogens is 284 g/mol. The van der Waals surface area contributed by atoms with E-state index in [1.165, 1.54) is 12.1 Å². The van der Waals surface area contributed by atoms with E-state index in [-0.39, 0.29) is 6.61 Å². The van der Waals surface area contributed by atoms with Crippen LogP contribution in [0.2, 0.25) is 0 Å². The van der Waals surface area contributed by atoms with Gasteiger partial charge in [0.2, 0.25) is 0 Å². The van der Waals surface area contributed by atoms with Crippen molar-refractivity contribution in [1.29, 1.82) is 0 Å². The third-order valence-electron chi connectivity index (χ3n) is 2.90. The molecular formula is C14H21F2NO2S. The molecule has 0 spiro atoms. The van der Waals surface area contributed by atoms with E-state index in [1.807, 2.05) is 6.92 Å². The lowest BCUT2D eigenvalue weighted by molar-refractivity contribution is 0.278. The smallest absolute Gasteiger partial charge is 0.126 e. The quantitative estimate of drug-likeness (QED) is 0.690. The Morgan fingerprint density at radius 2 is 1.90 bits per heavy atom. The molecule has 2 N–H and O–H groups in total. The van der Waals surface area contributed by atoms with Crippen molar-refractivity contribution < 1.29 is 18.4 Å². The lowest BCUT2D eigenvalue weighted by Gasteiger charge is -2.20. The van der Waals surface area contributed by atoms with E-state index in [9.17, 15) is 13.3 Å². The van der Waals surface area contributed by atoms with Crippen LogP contribution >= 0.6 is 0 Å². The van der Waals surface area contributed by atoms with Crippen molar-refractivity contribution in [3.05, 3.63) is 35.4 Å². The van der Waals surface area contributed by atoms with Crippen molar-refractivity contribution in [1.82, 2.24) is 4.72 Å². The van der Waals surface area contributed by atoms with Crippen LogP contribution in [0.15, 0.2) is 18.2 Å². The highest BCUT2D eigenvalue weighted by Gasteiger charge is 2.19. The highest BCUT2D eigenvalue weighted by molar-refractivity contribution is 7.89. The highest BCUT2D eigenvalue weighted by Crippen LogP contribution is 2.22. The molecule has 0 bridgehead atoms. The summed E-state index contributed by atoms with van der Waals surface area (Å²) in [7, 11) is 0. The van der Waals surface area contributed by atoms with E-state index in [0.717, 1.165) is 18.9 Å². The second-order valence-corrected chi connectivity index (χ2v) is 5.98. The molecule has 0 aromatic heterocycles. The van der Waals surface area contributed by atoms with Crippen LogP contribution < -0.4 is 4.72 Å². The molecule has 3 nitrogen and oxygen atoms in total. The van der Waals surface area contributed by atoms with Crippen LogP contribution in [0.4, 0.5) is 8.78 Å². The van der Waals surface area contributed by atoms with E-state index < -0.39 is 29.0 Å². The molecule has 2 atom stereocenters. The monoisotopic (exact) mass is 305 g/mol. The minimum Gasteiger partial charge on any atom is -0.598 e. The number of benzene rings is 1. The van der Waals surface area contributed by atoms with Gasteiger partial charge in [-0.1, -0.05) is 13.3 Å². The summed E-state index contributed by atoms with van der Waals surface area (Å²) in [4.78, 5) is 0. The van der Waals surface area contributed by atoms with Crippen LogP contribution in [-0.2, 0) is 11.4 Å². The summed E-state index contributed by atoms with van der Waals surface area (Å²) in [5.41, 5.74) is 0.417. The minimum absolute atomic E-state index is 0.0163. The van der Waals surface area contributed by atoms with Crippen molar-refractivity contribution in [2.45, 2.75) is 38.6 Å². The predicted octanol–water partition coefficient (Wildman–Crippen LogP) is 2.83. The summed E-state index contributed by atoms with van der Waals surface area (Å²) in [6, 6.07) is 2.84. The van der Waals surface area contributed by atoms with Crippen LogP contribution in [0.1, 0.15) is 44.2 Å². The van der Waals surface area contributed by atoms with Gasteiger partial charge < -0.3 is 9.66 Å². The Morgan fingerprint density at radius 1 is 1.25 bits per heavy atom. The highest BCUT2D eigenvalue weighted by atomic mass is 32.2. The van der Waals surface area contributed by atoms with E-state index in [0.29, 0.717) is 24.2 Å². The summed E-state index contributed by atoms with van der Waals surface area (Å²) in [5.74, 6) is -0.811. The van der Waals surface area contributed by atoms with Crippen LogP contribution in [0.5, 0.6) is 0 Å². The van der Waals surface area contributed by atoms with Crippen LogP contribution in [-0.4, -0.2) is 22.0 Å². The summed E-state index contributed by atoms with van der Waals surface area (Å²) in [6.07, 6.45) is 2.70. The van der Waals surface area contributed by atoms with Gasteiger partial charge >= 0.3 is 0 Å². The molecule has 0 saturated carbocycles. The Balaban J connectivity index is 2.76. The van der Waals surface area contributed by atoms with Gasteiger partial charge in [-0.3, -0.25) is 0 Å². The van der Waals surface area contributed by atoms with Crippen molar-refractivity contribution >= 4 is 11.4 Å². The largest absolute Gasteiger partial charge is 0.598 e. The number of unbranched alkanes of at least 4 members (excludes halogenated alkanes) is 1. The predicted molar refractivity (Wildman–Crippen MR) is 76.5 cm³/mol. The van der Waals surface area contributed by atoms with Gasteiger partial charge in [0.15, 0.2) is 0 Å². The maximum Gasteiger partial charge on any atom is 0.126 e. The van der Waals surface area contributed by atoms with Gasteiger partial charge in [-0.15, -0.1) is 4.72 Å². The fourth-order valence-corrected chi connectivity index (χ4v) is 3.10. The van der Waals surface area contributed by atoms with E-state index in [1.54, 1.807) is 0 Å². The Morgan fingerprint density at radius 3 is 2.45 bits per heavy atom. The molecule has 0 heterocycles.